The van der Waals surface area contributed by atoms with E-state index in [9.17, 15) is 0 Å². The van der Waals surface area contributed by atoms with Crippen LogP contribution in [-0.2, 0) is 5.41 Å². The zero-order valence-electron chi connectivity index (χ0n) is 21.2. The maximum absolute atomic E-state index is 5.00. The van der Waals surface area contributed by atoms with E-state index >= 15 is 0 Å². The predicted molar refractivity (Wildman–Crippen MR) is 156 cm³/mol. The van der Waals surface area contributed by atoms with Crippen LogP contribution in [0.4, 0.5) is 0 Å². The lowest BCUT2D eigenvalue weighted by Crippen LogP contribution is -2.23. The normalized spacial score (nSPS) is 13.6. The second-order valence-electron chi connectivity index (χ2n) is 10.2. The van der Waals surface area contributed by atoms with E-state index in [1.165, 1.54) is 31.7 Å². The Morgan fingerprint density at radius 3 is 1.84 bits per heavy atom. The molecular formula is C34H25N3S. The molecular weight excluding hydrogens is 482 g/mol. The fourth-order valence-corrected chi connectivity index (χ4v) is 6.71. The standard InChI is InChI=1S/C34H25N3S/c1-34(2)27-14-8-9-15-29(27)38-30-21-26(18-19-28(30)34)33-36-31(23-11-4-3-5-12-23)35-32(37-33)25-17-16-22-10-6-7-13-24(22)20-25/h3-21H,1-2H3. The number of aromatic nitrogens is 3. The van der Waals surface area contributed by atoms with E-state index in [-0.39, 0.29) is 5.41 Å². The van der Waals surface area contributed by atoms with Gasteiger partial charge in [-0.15, -0.1) is 0 Å². The molecule has 6 aromatic rings. The predicted octanol–water partition coefficient (Wildman–Crippen LogP) is 8.82. The molecule has 182 valence electrons. The topological polar surface area (TPSA) is 38.7 Å². The molecule has 38 heavy (non-hydrogen) atoms. The highest BCUT2D eigenvalue weighted by Gasteiger charge is 2.33. The van der Waals surface area contributed by atoms with Gasteiger partial charge < -0.3 is 0 Å². The van der Waals surface area contributed by atoms with Crippen molar-refractivity contribution in [3.63, 3.8) is 0 Å². The van der Waals surface area contributed by atoms with E-state index in [0.29, 0.717) is 17.5 Å². The van der Waals surface area contributed by atoms with Crippen molar-refractivity contribution in [2.24, 2.45) is 0 Å². The molecule has 0 radical (unpaired) electrons. The summed E-state index contributed by atoms with van der Waals surface area (Å²) in [4.78, 5) is 17.4. The summed E-state index contributed by atoms with van der Waals surface area (Å²) in [6.45, 7) is 4.61. The van der Waals surface area contributed by atoms with Gasteiger partial charge in [-0.25, -0.2) is 15.0 Å². The van der Waals surface area contributed by atoms with Gasteiger partial charge in [0.05, 0.1) is 0 Å². The zero-order chi connectivity index (χ0) is 25.7. The van der Waals surface area contributed by atoms with Crippen LogP contribution in [-0.4, -0.2) is 15.0 Å². The second-order valence-corrected chi connectivity index (χ2v) is 11.3. The number of fused-ring (bicyclic) bond motifs is 3. The van der Waals surface area contributed by atoms with Gasteiger partial charge in [0.2, 0.25) is 0 Å². The third-order valence-corrected chi connectivity index (χ3v) is 8.50. The van der Waals surface area contributed by atoms with E-state index in [0.717, 1.165) is 16.7 Å². The van der Waals surface area contributed by atoms with Gasteiger partial charge in [0.1, 0.15) is 0 Å². The molecule has 0 spiro atoms. The molecule has 5 aromatic carbocycles. The minimum Gasteiger partial charge on any atom is -0.208 e. The summed E-state index contributed by atoms with van der Waals surface area (Å²) in [7, 11) is 0. The summed E-state index contributed by atoms with van der Waals surface area (Å²) in [5.74, 6) is 2.03. The Morgan fingerprint density at radius 2 is 1.05 bits per heavy atom. The van der Waals surface area contributed by atoms with Crippen LogP contribution in [0.5, 0.6) is 0 Å². The summed E-state index contributed by atoms with van der Waals surface area (Å²) in [5.41, 5.74) is 5.58. The van der Waals surface area contributed by atoms with Crippen LogP contribution in [0, 0.1) is 0 Å². The van der Waals surface area contributed by atoms with Crippen molar-refractivity contribution in [2.45, 2.75) is 29.1 Å². The second kappa shape index (κ2) is 8.93. The molecule has 0 atom stereocenters. The molecule has 3 nitrogen and oxygen atoms in total. The molecule has 7 rings (SSSR count). The third kappa shape index (κ3) is 3.89. The van der Waals surface area contributed by atoms with Crippen molar-refractivity contribution in [3.05, 3.63) is 126 Å². The Morgan fingerprint density at radius 1 is 0.474 bits per heavy atom. The van der Waals surface area contributed by atoms with Crippen molar-refractivity contribution in [2.75, 3.05) is 0 Å². The van der Waals surface area contributed by atoms with Gasteiger partial charge in [-0.1, -0.05) is 123 Å². The average molecular weight is 508 g/mol. The summed E-state index contributed by atoms with van der Waals surface area (Å²) in [5, 5.41) is 2.36. The molecule has 0 fully saturated rings. The molecule has 1 aromatic heterocycles. The van der Waals surface area contributed by atoms with Gasteiger partial charge in [-0.2, -0.15) is 0 Å². The maximum Gasteiger partial charge on any atom is 0.164 e. The number of benzene rings is 5. The third-order valence-electron chi connectivity index (χ3n) is 7.37. The first kappa shape index (κ1) is 22.9. The van der Waals surface area contributed by atoms with Crippen LogP contribution in [0.1, 0.15) is 25.0 Å². The van der Waals surface area contributed by atoms with Crippen molar-refractivity contribution in [1.82, 2.24) is 15.0 Å². The molecule has 2 heterocycles. The lowest BCUT2D eigenvalue weighted by Gasteiger charge is -2.34. The van der Waals surface area contributed by atoms with Crippen LogP contribution in [0.2, 0.25) is 0 Å². The largest absolute Gasteiger partial charge is 0.208 e. The SMILES string of the molecule is CC1(C)c2ccccc2Sc2cc(-c3nc(-c4ccccc4)nc(-c4ccc5ccccc5c4)n3)ccc21. The van der Waals surface area contributed by atoms with Crippen LogP contribution in [0.25, 0.3) is 44.9 Å². The Hall–Kier alpha value is -4.28. The first-order valence-electron chi connectivity index (χ1n) is 12.8. The van der Waals surface area contributed by atoms with Gasteiger partial charge in [0, 0.05) is 31.9 Å². The Bertz CT molecular complexity index is 1830. The summed E-state index contributed by atoms with van der Waals surface area (Å²) in [6, 6.07) is 40.2. The van der Waals surface area contributed by atoms with E-state index in [1.807, 2.05) is 42.1 Å². The fourth-order valence-electron chi connectivity index (χ4n) is 5.28. The molecule has 0 amide bonds. The highest BCUT2D eigenvalue weighted by Crippen LogP contribution is 2.49. The zero-order valence-corrected chi connectivity index (χ0v) is 22.0. The Kier molecular flexibility index (Phi) is 5.38. The summed E-state index contributed by atoms with van der Waals surface area (Å²) >= 11 is 1.83. The van der Waals surface area contributed by atoms with E-state index < -0.39 is 0 Å². The molecule has 0 saturated carbocycles. The van der Waals surface area contributed by atoms with Crippen LogP contribution in [0.15, 0.2) is 125 Å². The van der Waals surface area contributed by atoms with Crippen molar-refractivity contribution in [1.29, 1.82) is 0 Å². The monoisotopic (exact) mass is 507 g/mol. The van der Waals surface area contributed by atoms with Gasteiger partial charge in [0.15, 0.2) is 17.5 Å². The van der Waals surface area contributed by atoms with Crippen LogP contribution >= 0.6 is 11.8 Å². The van der Waals surface area contributed by atoms with Crippen LogP contribution < -0.4 is 0 Å². The number of rotatable bonds is 3. The fraction of sp³-hybridized carbons (Fsp3) is 0.0882. The lowest BCUT2D eigenvalue weighted by atomic mass is 9.77. The summed E-state index contributed by atoms with van der Waals surface area (Å²) in [6.07, 6.45) is 0. The van der Waals surface area contributed by atoms with E-state index in [2.05, 4.69) is 98.8 Å². The molecule has 0 N–H and O–H groups in total. The molecule has 0 saturated heterocycles. The summed E-state index contributed by atoms with van der Waals surface area (Å²) < 4.78 is 0. The van der Waals surface area contributed by atoms with Crippen molar-refractivity contribution >= 4 is 22.5 Å². The average Bonchev–Trinajstić information content (AvgIpc) is 2.97. The highest BCUT2D eigenvalue weighted by atomic mass is 32.2. The molecule has 4 heteroatoms. The van der Waals surface area contributed by atoms with E-state index in [1.54, 1.807) is 0 Å². The molecule has 0 unspecified atom stereocenters. The van der Waals surface area contributed by atoms with Crippen LogP contribution in [0.3, 0.4) is 0 Å². The molecule has 1 aliphatic heterocycles. The Labute approximate surface area is 226 Å². The smallest absolute Gasteiger partial charge is 0.164 e. The number of nitrogens with zero attached hydrogens (tertiary/aromatic N) is 3. The first-order valence-corrected chi connectivity index (χ1v) is 13.6. The van der Waals surface area contributed by atoms with Gasteiger partial charge >= 0.3 is 0 Å². The van der Waals surface area contributed by atoms with Crippen molar-refractivity contribution < 1.29 is 0 Å². The lowest BCUT2D eigenvalue weighted by molar-refractivity contribution is 0.607. The highest BCUT2D eigenvalue weighted by molar-refractivity contribution is 7.99. The quantitative estimate of drug-likeness (QED) is 0.240. The Balaban J connectivity index is 1.39. The van der Waals surface area contributed by atoms with Crippen molar-refractivity contribution in [3.8, 4) is 34.2 Å². The maximum atomic E-state index is 5.00. The molecule has 0 bridgehead atoms. The molecule has 1 aliphatic rings. The van der Waals surface area contributed by atoms with E-state index in [4.69, 9.17) is 15.0 Å². The van der Waals surface area contributed by atoms with Gasteiger partial charge in [-0.3, -0.25) is 0 Å². The minimum atomic E-state index is -0.0692. The first-order chi connectivity index (χ1) is 18.6. The minimum absolute atomic E-state index is 0.0692. The number of hydrogen-bond donors (Lipinski definition) is 0. The molecule has 0 aliphatic carbocycles. The van der Waals surface area contributed by atoms with Gasteiger partial charge in [-0.05, 0) is 40.1 Å². The van der Waals surface area contributed by atoms with Gasteiger partial charge in [0.25, 0.3) is 0 Å². The number of hydrogen-bond acceptors (Lipinski definition) is 4.